The van der Waals surface area contributed by atoms with Crippen LogP contribution in [0.1, 0.15) is 43.2 Å². The van der Waals surface area contributed by atoms with Crippen LogP contribution < -0.4 is 15.8 Å². The van der Waals surface area contributed by atoms with Crippen LogP contribution in [0.15, 0.2) is 54.6 Å². The minimum absolute atomic E-state index is 0.180. The summed E-state index contributed by atoms with van der Waals surface area (Å²) in [5.74, 6) is 0.901. The first-order chi connectivity index (χ1) is 11.2. The minimum Gasteiger partial charge on any atom is -0.489 e. The number of nitrogens with two attached hydrogens (primary N) is 1. The average Bonchev–Trinajstić information content (AvgIpc) is 2.61. The highest BCUT2D eigenvalue weighted by atomic mass is 16.5. The fourth-order valence-electron chi connectivity index (χ4n) is 3.08. The van der Waals surface area contributed by atoms with Gasteiger partial charge >= 0.3 is 0 Å². The van der Waals surface area contributed by atoms with Crippen LogP contribution in [0, 0.1) is 0 Å². The molecule has 0 heterocycles. The third kappa shape index (κ3) is 4.81. The van der Waals surface area contributed by atoms with Crippen LogP contribution in [0.4, 0.5) is 0 Å². The first-order valence-corrected chi connectivity index (χ1v) is 8.53. The number of rotatable bonds is 6. The van der Waals surface area contributed by atoms with E-state index in [1.54, 1.807) is 0 Å². The van der Waals surface area contributed by atoms with E-state index in [4.69, 9.17) is 10.5 Å². The molecule has 122 valence electrons. The maximum atomic E-state index is 6.41. The normalized spacial score (nSPS) is 16.9. The highest BCUT2D eigenvalue weighted by Gasteiger charge is 2.26. The van der Waals surface area contributed by atoms with Gasteiger partial charge in [0.15, 0.2) is 0 Å². The molecule has 0 spiro atoms. The summed E-state index contributed by atoms with van der Waals surface area (Å²) in [7, 11) is 0. The van der Waals surface area contributed by atoms with Crippen LogP contribution in [0.5, 0.6) is 5.75 Å². The van der Waals surface area contributed by atoms with Crippen molar-refractivity contribution in [1.82, 2.24) is 5.32 Å². The first-order valence-electron chi connectivity index (χ1n) is 8.53. The molecule has 0 saturated heterocycles. The maximum absolute atomic E-state index is 6.41. The first kappa shape index (κ1) is 16.0. The molecule has 3 N–H and O–H groups in total. The Hall–Kier alpha value is -1.84. The van der Waals surface area contributed by atoms with E-state index < -0.39 is 0 Å². The lowest BCUT2D eigenvalue weighted by Gasteiger charge is -2.34. The summed E-state index contributed by atoms with van der Waals surface area (Å²) in [6, 6.07) is 18.5. The largest absolute Gasteiger partial charge is 0.489 e. The molecule has 0 bridgehead atoms. The molecule has 0 atom stereocenters. The van der Waals surface area contributed by atoms with Crippen molar-refractivity contribution in [2.75, 3.05) is 0 Å². The molecule has 0 aliphatic heterocycles. The van der Waals surface area contributed by atoms with Crippen molar-refractivity contribution in [2.45, 2.75) is 50.9 Å². The van der Waals surface area contributed by atoms with Crippen LogP contribution in [-0.4, -0.2) is 5.66 Å². The van der Waals surface area contributed by atoms with Gasteiger partial charge in [0.25, 0.3) is 0 Å². The van der Waals surface area contributed by atoms with E-state index in [1.165, 1.54) is 30.4 Å². The highest BCUT2D eigenvalue weighted by Crippen LogP contribution is 2.24. The fraction of sp³-hybridized carbons (Fsp3) is 0.400. The van der Waals surface area contributed by atoms with Crippen molar-refractivity contribution in [1.29, 1.82) is 0 Å². The summed E-state index contributed by atoms with van der Waals surface area (Å²) < 4.78 is 5.82. The molecular weight excluding hydrogens is 284 g/mol. The Morgan fingerprint density at radius 3 is 2.26 bits per heavy atom. The van der Waals surface area contributed by atoms with Gasteiger partial charge in [-0.3, -0.25) is 5.32 Å². The van der Waals surface area contributed by atoms with Gasteiger partial charge in [0.05, 0.1) is 5.66 Å². The summed E-state index contributed by atoms with van der Waals surface area (Å²) >= 11 is 0. The SMILES string of the molecule is NC1(NCc2ccc(OCc3ccccc3)cc2)CCCCC1. The number of benzene rings is 2. The Labute approximate surface area is 138 Å². The van der Waals surface area contributed by atoms with Crippen molar-refractivity contribution >= 4 is 0 Å². The molecule has 3 heteroatoms. The predicted molar refractivity (Wildman–Crippen MR) is 94.1 cm³/mol. The van der Waals surface area contributed by atoms with Crippen LogP contribution in [-0.2, 0) is 13.2 Å². The molecule has 2 aromatic rings. The topological polar surface area (TPSA) is 47.3 Å². The molecular formula is C20H26N2O. The Kier molecular flexibility index (Phi) is 5.31. The summed E-state index contributed by atoms with van der Waals surface area (Å²) in [5.41, 5.74) is 8.66. The van der Waals surface area contributed by atoms with Crippen molar-refractivity contribution < 1.29 is 4.74 Å². The number of nitrogens with one attached hydrogen (secondary N) is 1. The molecule has 1 aliphatic rings. The van der Waals surface area contributed by atoms with Gasteiger partial charge in [0, 0.05) is 6.54 Å². The number of hydrogen-bond donors (Lipinski definition) is 2. The molecule has 1 aliphatic carbocycles. The van der Waals surface area contributed by atoms with Crippen LogP contribution in [0.3, 0.4) is 0 Å². The van der Waals surface area contributed by atoms with Gasteiger partial charge in [-0.05, 0) is 36.1 Å². The zero-order valence-corrected chi connectivity index (χ0v) is 13.6. The van der Waals surface area contributed by atoms with Crippen LogP contribution >= 0.6 is 0 Å². The van der Waals surface area contributed by atoms with Gasteiger partial charge in [0.1, 0.15) is 12.4 Å². The summed E-state index contributed by atoms with van der Waals surface area (Å²) in [5, 5.41) is 3.53. The monoisotopic (exact) mass is 310 g/mol. The maximum Gasteiger partial charge on any atom is 0.119 e. The minimum atomic E-state index is -0.180. The standard InChI is InChI=1S/C20H26N2O/c21-20(13-5-2-6-14-20)22-15-17-9-11-19(12-10-17)23-16-18-7-3-1-4-8-18/h1,3-4,7-12,22H,2,5-6,13-16,21H2. The predicted octanol–water partition coefficient (Wildman–Crippen LogP) is 3.97. The lowest BCUT2D eigenvalue weighted by molar-refractivity contribution is 0.237. The zero-order valence-electron chi connectivity index (χ0n) is 13.6. The Morgan fingerprint density at radius 1 is 0.870 bits per heavy atom. The smallest absolute Gasteiger partial charge is 0.119 e. The van der Waals surface area contributed by atoms with Crippen LogP contribution in [0.25, 0.3) is 0 Å². The Balaban J connectivity index is 1.49. The van der Waals surface area contributed by atoms with Crippen molar-refractivity contribution in [2.24, 2.45) is 5.73 Å². The second-order valence-corrected chi connectivity index (χ2v) is 6.49. The van der Waals surface area contributed by atoms with E-state index >= 15 is 0 Å². The Morgan fingerprint density at radius 2 is 1.57 bits per heavy atom. The van der Waals surface area contributed by atoms with Gasteiger partial charge in [0.2, 0.25) is 0 Å². The van der Waals surface area contributed by atoms with Gasteiger partial charge in [-0.15, -0.1) is 0 Å². The van der Waals surface area contributed by atoms with E-state index in [-0.39, 0.29) is 5.66 Å². The Bertz CT molecular complexity index is 589. The third-order valence-electron chi connectivity index (χ3n) is 4.56. The fourth-order valence-corrected chi connectivity index (χ4v) is 3.08. The van der Waals surface area contributed by atoms with Crippen molar-refractivity contribution in [3.05, 3.63) is 65.7 Å². The molecule has 2 aromatic carbocycles. The molecule has 0 unspecified atom stereocenters. The summed E-state index contributed by atoms with van der Waals surface area (Å²) in [4.78, 5) is 0. The van der Waals surface area contributed by atoms with E-state index in [1.807, 2.05) is 30.3 Å². The molecule has 0 radical (unpaired) electrons. The summed E-state index contributed by atoms with van der Waals surface area (Å²) in [6.07, 6.45) is 5.93. The lowest BCUT2D eigenvalue weighted by atomic mass is 9.89. The number of ether oxygens (including phenoxy) is 1. The van der Waals surface area contributed by atoms with E-state index in [2.05, 4.69) is 29.6 Å². The van der Waals surface area contributed by atoms with Gasteiger partial charge in [-0.25, -0.2) is 0 Å². The lowest BCUT2D eigenvalue weighted by Crippen LogP contribution is -2.54. The number of hydrogen-bond acceptors (Lipinski definition) is 3. The second-order valence-electron chi connectivity index (χ2n) is 6.49. The molecule has 3 rings (SSSR count). The second kappa shape index (κ2) is 7.62. The van der Waals surface area contributed by atoms with E-state index in [9.17, 15) is 0 Å². The van der Waals surface area contributed by atoms with Gasteiger partial charge in [-0.2, -0.15) is 0 Å². The molecule has 0 amide bonds. The third-order valence-corrected chi connectivity index (χ3v) is 4.56. The van der Waals surface area contributed by atoms with Crippen molar-refractivity contribution in [3.8, 4) is 5.75 Å². The molecule has 1 fully saturated rings. The molecule has 3 nitrogen and oxygen atoms in total. The molecule has 0 aromatic heterocycles. The van der Waals surface area contributed by atoms with E-state index in [0.29, 0.717) is 6.61 Å². The average molecular weight is 310 g/mol. The molecule has 1 saturated carbocycles. The molecule has 23 heavy (non-hydrogen) atoms. The highest BCUT2D eigenvalue weighted by molar-refractivity contribution is 5.28. The van der Waals surface area contributed by atoms with Crippen LogP contribution in [0.2, 0.25) is 0 Å². The van der Waals surface area contributed by atoms with Gasteiger partial charge in [-0.1, -0.05) is 61.7 Å². The van der Waals surface area contributed by atoms with Gasteiger partial charge < -0.3 is 10.5 Å². The summed E-state index contributed by atoms with van der Waals surface area (Å²) in [6.45, 7) is 1.42. The van der Waals surface area contributed by atoms with E-state index in [0.717, 1.165) is 25.1 Å². The zero-order chi connectivity index (χ0) is 16.0. The van der Waals surface area contributed by atoms with Crippen molar-refractivity contribution in [3.63, 3.8) is 0 Å². The quantitative estimate of drug-likeness (QED) is 0.794.